The topological polar surface area (TPSA) is 121 Å². The lowest BCUT2D eigenvalue weighted by molar-refractivity contribution is -0.0481. The average molecular weight is 613 g/mol. The monoisotopic (exact) mass is 612 g/mol. The van der Waals surface area contributed by atoms with Crippen LogP contribution in [0.4, 0.5) is 0 Å². The van der Waals surface area contributed by atoms with Gasteiger partial charge in [0.25, 0.3) is 0 Å². The van der Waals surface area contributed by atoms with Crippen molar-refractivity contribution in [3.63, 3.8) is 0 Å². The van der Waals surface area contributed by atoms with E-state index in [-0.39, 0.29) is 5.41 Å². The molecule has 0 fully saturated rings. The lowest BCUT2D eigenvalue weighted by Crippen LogP contribution is -2.39. The predicted molar refractivity (Wildman–Crippen MR) is 178 cm³/mol. The number of rotatable bonds is 9. The van der Waals surface area contributed by atoms with Crippen LogP contribution in [0.5, 0.6) is 0 Å². The van der Waals surface area contributed by atoms with Crippen molar-refractivity contribution in [2.24, 2.45) is 5.41 Å². The molecule has 0 aromatic heterocycles. The molecule has 4 aromatic rings. The van der Waals surface area contributed by atoms with Crippen molar-refractivity contribution < 1.29 is 29.8 Å². The molecule has 0 saturated carbocycles. The van der Waals surface area contributed by atoms with Crippen molar-refractivity contribution in [3.05, 3.63) is 121 Å². The maximum absolute atomic E-state index is 10.1. The van der Waals surface area contributed by atoms with E-state index in [1.165, 1.54) is 0 Å². The van der Waals surface area contributed by atoms with Gasteiger partial charge in [0.05, 0.1) is 12.2 Å². The van der Waals surface area contributed by atoms with Crippen LogP contribution in [0, 0.1) is 5.41 Å². The van der Waals surface area contributed by atoms with E-state index in [0.717, 1.165) is 19.3 Å². The first-order chi connectivity index (χ1) is 19.9. The number of hydrogen-bond donors (Lipinski definition) is 6. The SMILES string of the molecule is CCCCC(C)(C(C)O)C(C)O.O[P+](O)(c1ccccc1)c1ccccc1.O[P+](O)(c1ccccc1)c1ccccc1. The van der Waals surface area contributed by atoms with Crippen LogP contribution in [0.15, 0.2) is 121 Å². The average Bonchev–Trinajstić information content (AvgIpc) is 3.02. The van der Waals surface area contributed by atoms with Crippen LogP contribution in [-0.4, -0.2) is 42.0 Å². The Morgan fingerprint density at radius 3 is 0.952 bits per heavy atom. The fourth-order valence-electron chi connectivity index (χ4n) is 4.17. The van der Waals surface area contributed by atoms with Gasteiger partial charge in [0.15, 0.2) is 21.2 Å². The Labute approximate surface area is 252 Å². The second kappa shape index (κ2) is 17.0. The number of benzene rings is 4. The molecule has 0 aliphatic rings. The zero-order valence-electron chi connectivity index (χ0n) is 24.9. The zero-order valence-corrected chi connectivity index (χ0v) is 26.7. The number of aliphatic hydroxyl groups excluding tert-OH is 2. The van der Waals surface area contributed by atoms with Crippen LogP contribution in [0.2, 0.25) is 0 Å². The van der Waals surface area contributed by atoms with Crippen molar-refractivity contribution in [2.75, 3.05) is 0 Å². The molecule has 0 saturated heterocycles. The summed E-state index contributed by atoms with van der Waals surface area (Å²) < 4.78 is 0. The third-order valence-corrected chi connectivity index (χ3v) is 11.5. The fraction of sp³-hybridized carbons (Fsp3) is 0.294. The minimum absolute atomic E-state index is 0.337. The highest BCUT2D eigenvalue weighted by atomic mass is 31.2. The Morgan fingerprint density at radius 2 is 0.762 bits per heavy atom. The molecule has 42 heavy (non-hydrogen) atoms. The summed E-state index contributed by atoms with van der Waals surface area (Å²) in [6, 6.07) is 35.8. The molecule has 0 spiro atoms. The lowest BCUT2D eigenvalue weighted by atomic mass is 9.76. The third kappa shape index (κ3) is 10.1. The minimum Gasteiger partial charge on any atom is -0.393 e. The number of aliphatic hydroxyl groups is 2. The maximum atomic E-state index is 10.1. The normalized spacial score (nSPS) is 14.2. The van der Waals surface area contributed by atoms with E-state index in [9.17, 15) is 29.8 Å². The van der Waals surface area contributed by atoms with Crippen molar-refractivity contribution >= 4 is 36.7 Å². The van der Waals surface area contributed by atoms with E-state index in [1.807, 2.05) is 31.2 Å². The summed E-state index contributed by atoms with van der Waals surface area (Å²) in [5.41, 5.74) is -0.337. The van der Waals surface area contributed by atoms with Crippen LogP contribution in [0.25, 0.3) is 0 Å². The quantitative estimate of drug-likeness (QED) is 0.150. The number of hydrogen-bond acceptors (Lipinski definition) is 6. The molecule has 2 atom stereocenters. The maximum Gasteiger partial charge on any atom is 0.333 e. The summed E-state index contributed by atoms with van der Waals surface area (Å²) in [6.45, 7) is 7.56. The van der Waals surface area contributed by atoms with E-state index in [2.05, 4.69) is 6.92 Å². The van der Waals surface area contributed by atoms with Crippen molar-refractivity contribution in [2.45, 2.75) is 59.2 Å². The number of unbranched alkanes of at least 4 members (excludes halogenated alkanes) is 1. The van der Waals surface area contributed by atoms with Gasteiger partial charge in [-0.3, -0.25) is 0 Å². The van der Waals surface area contributed by atoms with Crippen molar-refractivity contribution in [3.8, 4) is 0 Å². The van der Waals surface area contributed by atoms with Gasteiger partial charge < -0.3 is 10.2 Å². The summed E-state index contributed by atoms with van der Waals surface area (Å²) in [4.78, 5) is 40.5. The van der Waals surface area contributed by atoms with E-state index >= 15 is 0 Å². The summed E-state index contributed by atoms with van der Waals surface area (Å²) in [6.07, 6.45) is 2.17. The fourth-order valence-corrected chi connectivity index (χ4v) is 7.11. The van der Waals surface area contributed by atoms with E-state index in [0.29, 0.717) is 21.2 Å². The molecule has 6 nitrogen and oxygen atoms in total. The minimum atomic E-state index is -3.15. The first kappa shape index (κ1) is 35.7. The second-order valence-electron chi connectivity index (χ2n) is 10.5. The first-order valence-corrected chi connectivity index (χ1v) is 17.5. The molecule has 4 aromatic carbocycles. The molecule has 0 radical (unpaired) electrons. The second-order valence-corrected chi connectivity index (χ2v) is 15.0. The van der Waals surface area contributed by atoms with Gasteiger partial charge in [0.2, 0.25) is 0 Å². The van der Waals surface area contributed by atoms with Gasteiger partial charge in [0, 0.05) is 5.41 Å². The highest BCUT2D eigenvalue weighted by molar-refractivity contribution is 7.79. The molecule has 0 aliphatic carbocycles. The molecule has 2 unspecified atom stereocenters. The Kier molecular flexibility index (Phi) is 14.4. The molecule has 226 valence electrons. The summed E-state index contributed by atoms with van der Waals surface area (Å²) >= 11 is 0. The highest BCUT2D eigenvalue weighted by Crippen LogP contribution is 2.47. The van der Waals surface area contributed by atoms with Crippen LogP contribution in [0.3, 0.4) is 0 Å². The van der Waals surface area contributed by atoms with E-state index in [4.69, 9.17) is 0 Å². The Hall–Kier alpha value is -2.50. The Balaban J connectivity index is 0.000000222. The zero-order chi connectivity index (χ0) is 31.2. The molecule has 0 bridgehead atoms. The van der Waals surface area contributed by atoms with Gasteiger partial charge in [-0.2, -0.15) is 0 Å². The molecule has 0 heterocycles. The largest absolute Gasteiger partial charge is 0.393 e. The molecule has 0 amide bonds. The molecule has 4 rings (SSSR count). The third-order valence-electron chi connectivity index (χ3n) is 7.44. The van der Waals surface area contributed by atoms with E-state index < -0.39 is 27.6 Å². The summed E-state index contributed by atoms with van der Waals surface area (Å²) in [5.74, 6) is 0. The van der Waals surface area contributed by atoms with Gasteiger partial charge >= 0.3 is 15.4 Å². The van der Waals surface area contributed by atoms with Crippen LogP contribution in [-0.2, 0) is 0 Å². The van der Waals surface area contributed by atoms with Crippen LogP contribution < -0.4 is 21.2 Å². The van der Waals surface area contributed by atoms with Gasteiger partial charge in [-0.1, -0.05) is 99.5 Å². The van der Waals surface area contributed by atoms with Gasteiger partial charge in [-0.15, -0.1) is 0 Å². The Morgan fingerprint density at radius 1 is 0.524 bits per heavy atom. The van der Waals surface area contributed by atoms with Gasteiger partial charge in [0.1, 0.15) is 0 Å². The predicted octanol–water partition coefficient (Wildman–Crippen LogP) is 4.88. The standard InChI is InChI=1S/2C12H12O2P.C10H22O2/c2*13-15(14,11-7-3-1-4-8-11)12-9-5-2-6-10-12;1-5-6-7-10(4,8(2)11)9(3)12/h2*1-10,13-14H;8-9,11-12H,5-7H2,1-4H3/q2*+1;. The summed E-state index contributed by atoms with van der Waals surface area (Å²) in [5, 5.41) is 21.3. The Bertz CT molecular complexity index is 1090. The van der Waals surface area contributed by atoms with Crippen molar-refractivity contribution in [1.82, 2.24) is 0 Å². The van der Waals surface area contributed by atoms with Crippen molar-refractivity contribution in [1.29, 1.82) is 0 Å². The van der Waals surface area contributed by atoms with Gasteiger partial charge in [-0.25, -0.2) is 19.6 Å². The first-order valence-electron chi connectivity index (χ1n) is 14.1. The molecular formula is C34H46O6P2+2. The van der Waals surface area contributed by atoms with Crippen LogP contribution in [0.1, 0.15) is 47.0 Å². The highest BCUT2D eigenvalue weighted by Gasteiger charge is 2.40. The van der Waals surface area contributed by atoms with E-state index in [1.54, 1.807) is 111 Å². The van der Waals surface area contributed by atoms with Crippen LogP contribution >= 0.6 is 15.4 Å². The lowest BCUT2D eigenvalue weighted by Gasteiger charge is -2.35. The smallest absolute Gasteiger partial charge is 0.333 e. The van der Waals surface area contributed by atoms with Gasteiger partial charge in [-0.05, 0) is 68.8 Å². The molecule has 6 N–H and O–H groups in total. The molecule has 0 aliphatic heterocycles. The molecule has 8 heteroatoms. The summed E-state index contributed by atoms with van der Waals surface area (Å²) in [7, 11) is -6.29. The molecular weight excluding hydrogens is 566 g/mol.